The SMILES string of the molecule is CCOc1cncc(N2CC(CN)OCC2C)n1. The largest absolute Gasteiger partial charge is 0.477 e. The highest BCUT2D eigenvalue weighted by atomic mass is 16.5. The fraction of sp³-hybridized carbons (Fsp3) is 0.667. The van der Waals surface area contributed by atoms with Crippen molar-refractivity contribution in [2.75, 3.05) is 31.2 Å². The van der Waals surface area contributed by atoms with Crippen molar-refractivity contribution in [3.05, 3.63) is 12.4 Å². The molecule has 2 N–H and O–H groups in total. The normalized spacial score (nSPS) is 24.1. The topological polar surface area (TPSA) is 73.5 Å². The number of nitrogens with zero attached hydrogens (tertiary/aromatic N) is 3. The first-order chi connectivity index (χ1) is 8.74. The number of hydrogen-bond acceptors (Lipinski definition) is 6. The molecule has 1 aromatic rings. The first-order valence-electron chi connectivity index (χ1n) is 6.27. The molecular formula is C12H20N4O2. The summed E-state index contributed by atoms with van der Waals surface area (Å²) in [6.07, 6.45) is 3.43. The lowest BCUT2D eigenvalue weighted by molar-refractivity contribution is 0.0279. The van der Waals surface area contributed by atoms with Crippen LogP contribution in [-0.4, -0.2) is 48.4 Å². The predicted molar refractivity (Wildman–Crippen MR) is 68.8 cm³/mol. The van der Waals surface area contributed by atoms with Gasteiger partial charge >= 0.3 is 0 Å². The molecule has 1 aliphatic rings. The van der Waals surface area contributed by atoms with E-state index in [0.717, 1.165) is 12.4 Å². The molecule has 2 unspecified atom stereocenters. The smallest absolute Gasteiger partial charge is 0.234 e. The molecule has 1 saturated heterocycles. The average molecular weight is 252 g/mol. The Morgan fingerprint density at radius 2 is 2.39 bits per heavy atom. The highest BCUT2D eigenvalue weighted by Crippen LogP contribution is 2.20. The van der Waals surface area contributed by atoms with E-state index in [0.29, 0.717) is 25.6 Å². The first-order valence-corrected chi connectivity index (χ1v) is 6.27. The Hall–Kier alpha value is -1.40. The average Bonchev–Trinajstić information content (AvgIpc) is 2.40. The maximum atomic E-state index is 5.65. The molecule has 6 heteroatoms. The van der Waals surface area contributed by atoms with Crippen molar-refractivity contribution in [3.8, 4) is 5.88 Å². The molecule has 2 heterocycles. The fourth-order valence-corrected chi connectivity index (χ4v) is 1.97. The number of nitrogens with two attached hydrogens (primary N) is 1. The van der Waals surface area contributed by atoms with Gasteiger partial charge in [0, 0.05) is 13.1 Å². The zero-order valence-electron chi connectivity index (χ0n) is 10.9. The maximum absolute atomic E-state index is 5.65. The van der Waals surface area contributed by atoms with Gasteiger partial charge in [-0.25, -0.2) is 0 Å². The van der Waals surface area contributed by atoms with Crippen LogP contribution in [0.15, 0.2) is 12.4 Å². The zero-order valence-corrected chi connectivity index (χ0v) is 10.9. The number of rotatable bonds is 4. The summed E-state index contributed by atoms with van der Waals surface area (Å²) in [7, 11) is 0. The summed E-state index contributed by atoms with van der Waals surface area (Å²) in [6.45, 7) is 6.52. The maximum Gasteiger partial charge on any atom is 0.234 e. The van der Waals surface area contributed by atoms with E-state index in [4.69, 9.17) is 15.2 Å². The second-order valence-electron chi connectivity index (χ2n) is 4.34. The lowest BCUT2D eigenvalue weighted by Gasteiger charge is -2.38. The molecule has 6 nitrogen and oxygen atoms in total. The van der Waals surface area contributed by atoms with E-state index < -0.39 is 0 Å². The summed E-state index contributed by atoms with van der Waals surface area (Å²) < 4.78 is 11.0. The predicted octanol–water partition coefficient (Wildman–Crippen LogP) is 0.428. The minimum absolute atomic E-state index is 0.0544. The molecule has 18 heavy (non-hydrogen) atoms. The summed E-state index contributed by atoms with van der Waals surface area (Å²) >= 11 is 0. The van der Waals surface area contributed by atoms with Gasteiger partial charge < -0.3 is 20.1 Å². The summed E-state index contributed by atoms with van der Waals surface area (Å²) in [5.74, 6) is 1.37. The van der Waals surface area contributed by atoms with Gasteiger partial charge in [-0.05, 0) is 13.8 Å². The van der Waals surface area contributed by atoms with E-state index in [9.17, 15) is 0 Å². The van der Waals surface area contributed by atoms with Gasteiger partial charge in [0.25, 0.3) is 0 Å². The van der Waals surface area contributed by atoms with Crippen molar-refractivity contribution < 1.29 is 9.47 Å². The minimum Gasteiger partial charge on any atom is -0.477 e. The summed E-state index contributed by atoms with van der Waals surface area (Å²) in [6, 6.07) is 0.263. The molecular weight excluding hydrogens is 232 g/mol. The van der Waals surface area contributed by atoms with Crippen LogP contribution in [0.2, 0.25) is 0 Å². The van der Waals surface area contributed by atoms with Crippen molar-refractivity contribution in [2.24, 2.45) is 5.73 Å². The highest BCUT2D eigenvalue weighted by Gasteiger charge is 2.26. The van der Waals surface area contributed by atoms with E-state index in [1.807, 2.05) is 6.92 Å². The second kappa shape index (κ2) is 5.97. The van der Waals surface area contributed by atoms with E-state index in [1.54, 1.807) is 12.4 Å². The Bertz CT molecular complexity index is 388. The summed E-state index contributed by atoms with van der Waals surface area (Å²) in [5.41, 5.74) is 5.65. The molecule has 0 aromatic carbocycles. The van der Waals surface area contributed by atoms with Crippen LogP contribution in [0.25, 0.3) is 0 Å². The van der Waals surface area contributed by atoms with Crippen LogP contribution in [0.5, 0.6) is 5.88 Å². The number of aromatic nitrogens is 2. The lowest BCUT2D eigenvalue weighted by Crippen LogP contribution is -2.51. The minimum atomic E-state index is 0.0544. The van der Waals surface area contributed by atoms with Crippen molar-refractivity contribution >= 4 is 5.82 Å². The van der Waals surface area contributed by atoms with Gasteiger partial charge in [-0.3, -0.25) is 4.98 Å². The molecule has 0 spiro atoms. The van der Waals surface area contributed by atoms with Crippen LogP contribution >= 0.6 is 0 Å². The third-order valence-corrected chi connectivity index (χ3v) is 2.95. The van der Waals surface area contributed by atoms with Crippen molar-refractivity contribution in [3.63, 3.8) is 0 Å². The van der Waals surface area contributed by atoms with Crippen LogP contribution in [0.3, 0.4) is 0 Å². The fourth-order valence-electron chi connectivity index (χ4n) is 1.97. The summed E-state index contributed by atoms with van der Waals surface area (Å²) in [5, 5.41) is 0. The van der Waals surface area contributed by atoms with Gasteiger partial charge in [0.05, 0.1) is 37.8 Å². The van der Waals surface area contributed by atoms with E-state index in [-0.39, 0.29) is 12.1 Å². The van der Waals surface area contributed by atoms with Crippen LogP contribution in [0.4, 0.5) is 5.82 Å². The standard InChI is InChI=1S/C12H20N4O2/c1-3-17-12-6-14-5-11(15-12)16-7-10(4-13)18-8-9(16)2/h5-6,9-10H,3-4,7-8,13H2,1-2H3. The molecule has 0 bridgehead atoms. The summed E-state index contributed by atoms with van der Waals surface area (Å²) in [4.78, 5) is 10.8. The zero-order chi connectivity index (χ0) is 13.0. The third-order valence-electron chi connectivity index (χ3n) is 2.95. The highest BCUT2D eigenvalue weighted by molar-refractivity contribution is 5.39. The van der Waals surface area contributed by atoms with Crippen LogP contribution in [0, 0.1) is 0 Å². The molecule has 1 aromatic heterocycles. The van der Waals surface area contributed by atoms with Crippen LogP contribution in [0.1, 0.15) is 13.8 Å². The van der Waals surface area contributed by atoms with Gasteiger partial charge in [-0.1, -0.05) is 0 Å². The first kappa shape index (κ1) is 13.0. The van der Waals surface area contributed by atoms with Crippen LogP contribution in [-0.2, 0) is 4.74 Å². The Morgan fingerprint density at radius 1 is 1.56 bits per heavy atom. The van der Waals surface area contributed by atoms with E-state index >= 15 is 0 Å². The molecule has 100 valence electrons. The number of hydrogen-bond donors (Lipinski definition) is 1. The lowest BCUT2D eigenvalue weighted by atomic mass is 10.2. The molecule has 0 aliphatic carbocycles. The Balaban J connectivity index is 2.15. The Morgan fingerprint density at radius 3 is 3.11 bits per heavy atom. The van der Waals surface area contributed by atoms with Crippen molar-refractivity contribution in [1.29, 1.82) is 0 Å². The van der Waals surface area contributed by atoms with Gasteiger partial charge in [-0.15, -0.1) is 0 Å². The third kappa shape index (κ3) is 2.88. The van der Waals surface area contributed by atoms with Crippen molar-refractivity contribution in [2.45, 2.75) is 26.0 Å². The van der Waals surface area contributed by atoms with Crippen LogP contribution < -0.4 is 15.4 Å². The monoisotopic (exact) mass is 252 g/mol. The molecule has 0 saturated carbocycles. The quantitative estimate of drug-likeness (QED) is 0.837. The van der Waals surface area contributed by atoms with Gasteiger partial charge in [-0.2, -0.15) is 4.98 Å². The molecule has 0 amide bonds. The molecule has 2 atom stereocenters. The van der Waals surface area contributed by atoms with Crippen molar-refractivity contribution in [1.82, 2.24) is 9.97 Å². The van der Waals surface area contributed by atoms with Gasteiger partial charge in [0.15, 0.2) is 5.82 Å². The van der Waals surface area contributed by atoms with Gasteiger partial charge in [0.1, 0.15) is 0 Å². The molecule has 0 radical (unpaired) electrons. The van der Waals surface area contributed by atoms with E-state index in [2.05, 4.69) is 21.8 Å². The molecule has 2 rings (SSSR count). The number of morpholine rings is 1. The van der Waals surface area contributed by atoms with Gasteiger partial charge in [0.2, 0.25) is 5.88 Å². The van der Waals surface area contributed by atoms with E-state index in [1.165, 1.54) is 0 Å². The Kier molecular flexibility index (Phi) is 4.33. The molecule has 1 fully saturated rings. The number of ether oxygens (including phenoxy) is 2. The number of anilines is 1. The second-order valence-corrected chi connectivity index (χ2v) is 4.34. The Labute approximate surface area is 107 Å². The molecule has 1 aliphatic heterocycles.